The Balaban J connectivity index is 2.01. The van der Waals surface area contributed by atoms with Crippen molar-refractivity contribution >= 4 is 0 Å². The van der Waals surface area contributed by atoms with Crippen LogP contribution in [0.25, 0.3) is 0 Å². The van der Waals surface area contributed by atoms with Crippen LogP contribution < -0.4 is 0 Å². The van der Waals surface area contributed by atoms with Crippen molar-refractivity contribution in [3.8, 4) is 6.07 Å². The molecule has 0 radical (unpaired) electrons. The lowest BCUT2D eigenvalue weighted by Gasteiger charge is -2.30. The maximum Gasteiger partial charge on any atom is 0.0657 e. The molecule has 0 bridgehead atoms. The zero-order valence-corrected chi connectivity index (χ0v) is 7.21. The lowest BCUT2D eigenvalue weighted by molar-refractivity contribution is -0.0277. The molecule has 0 aromatic carbocycles. The molecule has 0 spiro atoms. The van der Waals surface area contributed by atoms with Gasteiger partial charge in [-0.15, -0.1) is 0 Å². The Morgan fingerprint density at radius 3 is 2.64 bits per heavy atom. The standard InChI is InChI=1S/C9H15NO/c1-7(2)6-11-9-3-8(4-9)5-10/h7-9H,3-4,6H2,1-2H3. The topological polar surface area (TPSA) is 33.0 Å². The predicted octanol–water partition coefficient (Wildman–Crippen LogP) is 1.96. The molecule has 1 fully saturated rings. The minimum Gasteiger partial charge on any atom is -0.378 e. The minimum absolute atomic E-state index is 0.271. The Labute approximate surface area is 68.2 Å². The Kier molecular flexibility index (Phi) is 2.90. The van der Waals surface area contributed by atoms with Gasteiger partial charge in [-0.05, 0) is 18.8 Å². The lowest BCUT2D eigenvalue weighted by Crippen LogP contribution is -2.31. The molecule has 11 heavy (non-hydrogen) atoms. The summed E-state index contributed by atoms with van der Waals surface area (Å²) in [5.74, 6) is 0.878. The molecule has 1 aliphatic rings. The summed E-state index contributed by atoms with van der Waals surface area (Å²) in [6, 6.07) is 2.24. The maximum atomic E-state index is 8.48. The summed E-state index contributed by atoms with van der Waals surface area (Å²) in [5.41, 5.74) is 0. The Bertz CT molecular complexity index is 153. The first-order chi connectivity index (χ1) is 5.22. The predicted molar refractivity (Wildman–Crippen MR) is 42.9 cm³/mol. The van der Waals surface area contributed by atoms with Gasteiger partial charge >= 0.3 is 0 Å². The van der Waals surface area contributed by atoms with E-state index >= 15 is 0 Å². The van der Waals surface area contributed by atoms with Gasteiger partial charge in [0.05, 0.1) is 18.1 Å². The van der Waals surface area contributed by atoms with E-state index in [4.69, 9.17) is 10.00 Å². The van der Waals surface area contributed by atoms with Crippen molar-refractivity contribution in [2.24, 2.45) is 11.8 Å². The van der Waals surface area contributed by atoms with Crippen molar-refractivity contribution in [3.05, 3.63) is 0 Å². The quantitative estimate of drug-likeness (QED) is 0.621. The zero-order chi connectivity index (χ0) is 8.27. The van der Waals surface area contributed by atoms with E-state index < -0.39 is 0 Å². The van der Waals surface area contributed by atoms with E-state index in [-0.39, 0.29) is 5.92 Å². The van der Waals surface area contributed by atoms with E-state index in [9.17, 15) is 0 Å². The molecule has 0 aromatic heterocycles. The molecule has 0 saturated heterocycles. The second-order valence-electron chi connectivity index (χ2n) is 3.65. The van der Waals surface area contributed by atoms with Crippen LogP contribution in [-0.2, 0) is 4.74 Å². The van der Waals surface area contributed by atoms with Gasteiger partial charge in [-0.1, -0.05) is 13.8 Å². The molecular weight excluding hydrogens is 138 g/mol. The van der Waals surface area contributed by atoms with Crippen molar-refractivity contribution in [1.29, 1.82) is 5.26 Å². The SMILES string of the molecule is CC(C)COC1CC(C#N)C1. The molecule has 0 N–H and O–H groups in total. The van der Waals surface area contributed by atoms with E-state index in [0.29, 0.717) is 12.0 Å². The molecule has 0 atom stereocenters. The molecule has 1 rings (SSSR count). The first-order valence-electron chi connectivity index (χ1n) is 4.23. The van der Waals surface area contributed by atoms with Gasteiger partial charge in [0.1, 0.15) is 0 Å². The van der Waals surface area contributed by atoms with Crippen LogP contribution in [0.3, 0.4) is 0 Å². The second-order valence-corrected chi connectivity index (χ2v) is 3.65. The van der Waals surface area contributed by atoms with Crippen LogP contribution in [0, 0.1) is 23.2 Å². The lowest BCUT2D eigenvalue weighted by atomic mass is 9.83. The molecule has 0 aliphatic heterocycles. The van der Waals surface area contributed by atoms with E-state index in [0.717, 1.165) is 19.4 Å². The van der Waals surface area contributed by atoms with Crippen molar-refractivity contribution < 1.29 is 4.74 Å². The van der Waals surface area contributed by atoms with E-state index in [2.05, 4.69) is 19.9 Å². The molecule has 1 saturated carbocycles. The van der Waals surface area contributed by atoms with Gasteiger partial charge in [0.15, 0.2) is 0 Å². The minimum atomic E-state index is 0.271. The van der Waals surface area contributed by atoms with Crippen LogP contribution in [-0.4, -0.2) is 12.7 Å². The highest BCUT2D eigenvalue weighted by molar-refractivity contribution is 4.94. The van der Waals surface area contributed by atoms with E-state index in [1.54, 1.807) is 0 Å². The molecule has 0 unspecified atom stereocenters. The van der Waals surface area contributed by atoms with Crippen molar-refractivity contribution in [1.82, 2.24) is 0 Å². The van der Waals surface area contributed by atoms with Gasteiger partial charge in [0, 0.05) is 6.61 Å². The number of nitriles is 1. The van der Waals surface area contributed by atoms with Crippen LogP contribution in [0.5, 0.6) is 0 Å². The number of rotatable bonds is 3. The largest absolute Gasteiger partial charge is 0.378 e. The van der Waals surface area contributed by atoms with Crippen LogP contribution >= 0.6 is 0 Å². The van der Waals surface area contributed by atoms with Crippen molar-refractivity contribution in [2.45, 2.75) is 32.8 Å². The second kappa shape index (κ2) is 3.73. The fourth-order valence-electron chi connectivity index (χ4n) is 1.14. The zero-order valence-electron chi connectivity index (χ0n) is 7.21. The molecule has 62 valence electrons. The summed E-state index contributed by atoms with van der Waals surface area (Å²) in [7, 11) is 0. The molecule has 0 amide bonds. The number of hydrogen-bond donors (Lipinski definition) is 0. The first kappa shape index (κ1) is 8.55. The molecule has 0 heterocycles. The Hall–Kier alpha value is -0.550. The molecule has 2 nitrogen and oxygen atoms in total. The molecule has 0 aromatic rings. The summed E-state index contributed by atoms with van der Waals surface area (Å²) < 4.78 is 5.52. The fourth-order valence-corrected chi connectivity index (χ4v) is 1.14. The summed E-state index contributed by atoms with van der Waals surface area (Å²) in [6.45, 7) is 5.11. The van der Waals surface area contributed by atoms with Gasteiger partial charge in [0.25, 0.3) is 0 Å². The third-order valence-electron chi connectivity index (χ3n) is 1.94. The van der Waals surface area contributed by atoms with Crippen LogP contribution in [0.15, 0.2) is 0 Å². The summed E-state index contributed by atoms with van der Waals surface area (Å²) >= 11 is 0. The summed E-state index contributed by atoms with van der Waals surface area (Å²) in [4.78, 5) is 0. The third-order valence-corrected chi connectivity index (χ3v) is 1.94. The Morgan fingerprint density at radius 2 is 2.18 bits per heavy atom. The summed E-state index contributed by atoms with van der Waals surface area (Å²) in [5, 5.41) is 8.48. The van der Waals surface area contributed by atoms with Crippen LogP contribution in [0.4, 0.5) is 0 Å². The highest BCUT2D eigenvalue weighted by Crippen LogP contribution is 2.29. The van der Waals surface area contributed by atoms with Gasteiger partial charge in [-0.25, -0.2) is 0 Å². The van der Waals surface area contributed by atoms with Crippen molar-refractivity contribution in [2.75, 3.05) is 6.61 Å². The average Bonchev–Trinajstić information content (AvgIpc) is 1.84. The van der Waals surface area contributed by atoms with Crippen LogP contribution in [0.2, 0.25) is 0 Å². The first-order valence-corrected chi connectivity index (χ1v) is 4.23. The number of ether oxygens (including phenoxy) is 1. The van der Waals surface area contributed by atoms with Gasteiger partial charge in [-0.2, -0.15) is 5.26 Å². The summed E-state index contributed by atoms with van der Waals surface area (Å²) in [6.07, 6.45) is 2.27. The Morgan fingerprint density at radius 1 is 1.55 bits per heavy atom. The monoisotopic (exact) mass is 153 g/mol. The van der Waals surface area contributed by atoms with E-state index in [1.807, 2.05) is 0 Å². The normalized spacial score (nSPS) is 29.6. The smallest absolute Gasteiger partial charge is 0.0657 e. The average molecular weight is 153 g/mol. The fraction of sp³-hybridized carbons (Fsp3) is 0.889. The number of hydrogen-bond acceptors (Lipinski definition) is 2. The van der Waals surface area contributed by atoms with Crippen LogP contribution in [0.1, 0.15) is 26.7 Å². The van der Waals surface area contributed by atoms with Gasteiger partial charge < -0.3 is 4.74 Å². The van der Waals surface area contributed by atoms with Crippen molar-refractivity contribution in [3.63, 3.8) is 0 Å². The maximum absolute atomic E-state index is 8.48. The molecular formula is C9H15NO. The number of nitrogens with zero attached hydrogens (tertiary/aromatic N) is 1. The highest BCUT2D eigenvalue weighted by Gasteiger charge is 2.29. The molecule has 1 aliphatic carbocycles. The van der Waals surface area contributed by atoms with E-state index in [1.165, 1.54) is 0 Å². The van der Waals surface area contributed by atoms with Gasteiger partial charge in [-0.3, -0.25) is 0 Å². The highest BCUT2D eigenvalue weighted by atomic mass is 16.5. The van der Waals surface area contributed by atoms with Gasteiger partial charge in [0.2, 0.25) is 0 Å². The third kappa shape index (κ3) is 2.51. The molecule has 2 heteroatoms.